The van der Waals surface area contributed by atoms with Crippen molar-refractivity contribution in [2.45, 2.75) is 32.6 Å². The first-order chi connectivity index (χ1) is 9.22. The van der Waals surface area contributed by atoms with Crippen molar-refractivity contribution in [3.05, 3.63) is 23.8 Å². The lowest BCUT2D eigenvalue weighted by Gasteiger charge is -2.19. The zero-order chi connectivity index (χ0) is 13.7. The van der Waals surface area contributed by atoms with E-state index in [0.717, 1.165) is 29.9 Å². The molecule has 0 bridgehead atoms. The van der Waals surface area contributed by atoms with Crippen LogP contribution >= 0.6 is 0 Å². The van der Waals surface area contributed by atoms with Gasteiger partial charge in [-0.25, -0.2) is 4.21 Å². The van der Waals surface area contributed by atoms with Crippen LogP contribution in [0.2, 0.25) is 0 Å². The van der Waals surface area contributed by atoms with E-state index in [1.54, 1.807) is 0 Å². The Morgan fingerprint density at radius 2 is 2.21 bits per heavy atom. The van der Waals surface area contributed by atoms with E-state index in [1.165, 1.54) is 19.3 Å². The number of hydrogen-bond acceptors (Lipinski definition) is 3. The minimum absolute atomic E-state index is 0.323. The van der Waals surface area contributed by atoms with Gasteiger partial charge < -0.3 is 11.1 Å². The summed E-state index contributed by atoms with van der Waals surface area (Å²) in [6.45, 7) is 3.11. The fourth-order valence-corrected chi connectivity index (χ4v) is 2.76. The second-order valence-electron chi connectivity index (χ2n) is 4.54. The minimum atomic E-state index is -1.46. The Morgan fingerprint density at radius 1 is 1.37 bits per heavy atom. The molecule has 0 aliphatic carbocycles. The SMILES string of the molecule is CCCCCCNc1cccc2c1C(N)=NS(=O)N2. The molecule has 0 saturated carbocycles. The van der Waals surface area contributed by atoms with Gasteiger partial charge >= 0.3 is 0 Å². The summed E-state index contributed by atoms with van der Waals surface area (Å²) in [6, 6.07) is 5.74. The summed E-state index contributed by atoms with van der Waals surface area (Å²) in [6.07, 6.45) is 4.85. The van der Waals surface area contributed by atoms with E-state index < -0.39 is 11.2 Å². The quantitative estimate of drug-likeness (QED) is 0.700. The third-order valence-electron chi connectivity index (χ3n) is 3.04. The number of nitrogens with one attached hydrogen (secondary N) is 2. The molecule has 1 aromatic carbocycles. The molecule has 2 rings (SSSR count). The molecule has 6 heteroatoms. The van der Waals surface area contributed by atoms with Crippen LogP contribution < -0.4 is 15.8 Å². The molecular weight excluding hydrogens is 260 g/mol. The second kappa shape index (κ2) is 6.56. The summed E-state index contributed by atoms with van der Waals surface area (Å²) in [5.74, 6) is 0.323. The van der Waals surface area contributed by atoms with Gasteiger partial charge in [-0.3, -0.25) is 4.72 Å². The van der Waals surface area contributed by atoms with Crippen LogP contribution in [0.15, 0.2) is 22.6 Å². The Morgan fingerprint density at radius 3 is 3.00 bits per heavy atom. The summed E-state index contributed by atoms with van der Waals surface area (Å²) in [4.78, 5) is 0. The van der Waals surface area contributed by atoms with Gasteiger partial charge in [-0.15, -0.1) is 0 Å². The standard InChI is InChI=1S/C13H20N4OS/c1-2-3-4-5-9-15-10-7-6-8-11-12(10)13(14)17-19(18)16-11/h6-8,15-16H,2-5,9H2,1H3,(H2,14,17). The first-order valence-electron chi connectivity index (χ1n) is 6.62. The number of anilines is 2. The van der Waals surface area contributed by atoms with Crippen molar-refractivity contribution in [2.75, 3.05) is 16.6 Å². The van der Waals surface area contributed by atoms with Crippen molar-refractivity contribution in [3.63, 3.8) is 0 Å². The molecule has 0 radical (unpaired) electrons. The molecule has 1 aliphatic rings. The number of benzene rings is 1. The lowest BCUT2D eigenvalue weighted by Crippen LogP contribution is -2.24. The molecule has 1 aliphatic heterocycles. The number of rotatable bonds is 6. The molecule has 0 aromatic heterocycles. The van der Waals surface area contributed by atoms with Crippen molar-refractivity contribution in [1.29, 1.82) is 0 Å². The van der Waals surface area contributed by atoms with E-state index in [0.29, 0.717) is 5.84 Å². The molecule has 1 atom stereocenters. The Hall–Kier alpha value is -1.56. The van der Waals surface area contributed by atoms with Gasteiger partial charge in [0.15, 0.2) is 0 Å². The zero-order valence-corrected chi connectivity index (χ0v) is 11.9. The molecule has 19 heavy (non-hydrogen) atoms. The summed E-state index contributed by atoms with van der Waals surface area (Å²) in [5, 5.41) is 3.38. The van der Waals surface area contributed by atoms with E-state index >= 15 is 0 Å². The third-order valence-corrected chi connectivity index (χ3v) is 3.80. The summed E-state index contributed by atoms with van der Waals surface area (Å²) >= 11 is -1.46. The first-order valence-corrected chi connectivity index (χ1v) is 7.73. The molecule has 1 unspecified atom stereocenters. The topological polar surface area (TPSA) is 79.5 Å². The highest BCUT2D eigenvalue weighted by atomic mass is 32.2. The predicted molar refractivity (Wildman–Crippen MR) is 81.6 cm³/mol. The largest absolute Gasteiger partial charge is 0.384 e. The van der Waals surface area contributed by atoms with Crippen molar-refractivity contribution < 1.29 is 4.21 Å². The van der Waals surface area contributed by atoms with Gasteiger partial charge in [0.1, 0.15) is 5.84 Å². The number of hydrogen-bond donors (Lipinski definition) is 3. The van der Waals surface area contributed by atoms with E-state index in [4.69, 9.17) is 5.73 Å². The van der Waals surface area contributed by atoms with E-state index in [1.807, 2.05) is 18.2 Å². The van der Waals surface area contributed by atoms with Crippen LogP contribution in [0.5, 0.6) is 0 Å². The molecule has 1 heterocycles. The van der Waals surface area contributed by atoms with Crippen molar-refractivity contribution >= 4 is 28.4 Å². The summed E-state index contributed by atoms with van der Waals surface area (Å²) < 4.78 is 18.1. The Bertz CT molecular complexity index is 501. The lowest BCUT2D eigenvalue weighted by atomic mass is 10.1. The second-order valence-corrected chi connectivity index (χ2v) is 5.43. The van der Waals surface area contributed by atoms with Crippen molar-refractivity contribution in [3.8, 4) is 0 Å². The van der Waals surface area contributed by atoms with E-state index in [9.17, 15) is 4.21 Å². The Balaban J connectivity index is 2.05. The van der Waals surface area contributed by atoms with Gasteiger partial charge in [0.05, 0.1) is 11.3 Å². The highest BCUT2D eigenvalue weighted by molar-refractivity contribution is 7.85. The monoisotopic (exact) mass is 280 g/mol. The molecular formula is C13H20N4OS. The smallest absolute Gasteiger partial charge is 0.245 e. The predicted octanol–water partition coefficient (Wildman–Crippen LogP) is 2.39. The molecule has 5 nitrogen and oxygen atoms in total. The zero-order valence-electron chi connectivity index (χ0n) is 11.1. The van der Waals surface area contributed by atoms with Crippen LogP contribution in [-0.2, 0) is 11.2 Å². The van der Waals surface area contributed by atoms with Crippen LogP contribution in [0.4, 0.5) is 11.4 Å². The molecule has 4 N–H and O–H groups in total. The molecule has 1 aromatic rings. The number of nitrogens with two attached hydrogens (primary N) is 1. The summed E-state index contributed by atoms with van der Waals surface area (Å²) in [7, 11) is 0. The van der Waals surface area contributed by atoms with Gasteiger partial charge in [-0.05, 0) is 18.6 Å². The van der Waals surface area contributed by atoms with Crippen molar-refractivity contribution in [2.24, 2.45) is 10.1 Å². The average molecular weight is 280 g/mol. The third kappa shape index (κ3) is 3.47. The number of unbranched alkanes of at least 4 members (excludes halogenated alkanes) is 3. The van der Waals surface area contributed by atoms with Gasteiger partial charge in [-0.2, -0.15) is 4.40 Å². The maximum Gasteiger partial charge on any atom is 0.245 e. The highest BCUT2D eigenvalue weighted by Gasteiger charge is 2.18. The van der Waals surface area contributed by atoms with Crippen LogP contribution in [-0.4, -0.2) is 16.6 Å². The lowest BCUT2D eigenvalue weighted by molar-refractivity contribution is 0.685. The Kier molecular flexibility index (Phi) is 4.79. The minimum Gasteiger partial charge on any atom is -0.384 e. The molecule has 0 fully saturated rings. The molecule has 0 spiro atoms. The van der Waals surface area contributed by atoms with Crippen LogP contribution in [0.25, 0.3) is 0 Å². The maximum atomic E-state index is 11.4. The average Bonchev–Trinajstić information content (AvgIpc) is 2.37. The molecule has 0 amide bonds. The fraction of sp³-hybridized carbons (Fsp3) is 0.462. The van der Waals surface area contributed by atoms with Gasteiger partial charge in [-0.1, -0.05) is 32.3 Å². The number of fused-ring (bicyclic) bond motifs is 1. The normalized spacial score (nSPS) is 17.3. The van der Waals surface area contributed by atoms with Crippen LogP contribution in [0.3, 0.4) is 0 Å². The van der Waals surface area contributed by atoms with Crippen LogP contribution in [0.1, 0.15) is 38.2 Å². The Labute approximate surface area is 116 Å². The van der Waals surface area contributed by atoms with Crippen molar-refractivity contribution in [1.82, 2.24) is 0 Å². The highest BCUT2D eigenvalue weighted by Crippen LogP contribution is 2.27. The fourth-order valence-electron chi connectivity index (χ4n) is 2.09. The number of nitrogens with zero attached hydrogens (tertiary/aromatic N) is 1. The molecule has 0 saturated heterocycles. The maximum absolute atomic E-state index is 11.4. The van der Waals surface area contributed by atoms with Gasteiger partial charge in [0.2, 0.25) is 11.2 Å². The van der Waals surface area contributed by atoms with E-state index in [2.05, 4.69) is 21.4 Å². The van der Waals surface area contributed by atoms with Gasteiger partial charge in [0, 0.05) is 12.2 Å². The van der Waals surface area contributed by atoms with Crippen LogP contribution in [0, 0.1) is 0 Å². The first kappa shape index (κ1) is 13.9. The van der Waals surface area contributed by atoms with Gasteiger partial charge in [0.25, 0.3) is 0 Å². The number of amidine groups is 1. The van der Waals surface area contributed by atoms with E-state index in [-0.39, 0.29) is 0 Å². The molecule has 104 valence electrons. The summed E-state index contributed by atoms with van der Waals surface area (Å²) in [5.41, 5.74) is 8.40.